The lowest BCUT2D eigenvalue weighted by molar-refractivity contribution is 0.215. The van der Waals surface area contributed by atoms with E-state index in [4.69, 9.17) is 4.74 Å². The van der Waals surface area contributed by atoms with Gasteiger partial charge in [-0.1, -0.05) is 133 Å². The van der Waals surface area contributed by atoms with Crippen LogP contribution >= 0.6 is 0 Å². The number of anilines is 1. The first-order valence-electron chi connectivity index (χ1n) is 14.7. The molecule has 200 valence electrons. The number of ether oxygens (including phenoxy) is 1. The lowest BCUT2D eigenvalue weighted by Gasteiger charge is -2.10. The van der Waals surface area contributed by atoms with Gasteiger partial charge in [0.25, 0.3) is 0 Å². The first-order valence-corrected chi connectivity index (χ1v) is 14.7. The average molecular weight is 494 g/mol. The summed E-state index contributed by atoms with van der Waals surface area (Å²) in [7, 11) is 0. The van der Waals surface area contributed by atoms with Crippen molar-refractivity contribution in [3.8, 4) is 5.75 Å². The molecule has 3 nitrogen and oxygen atoms in total. The van der Waals surface area contributed by atoms with Crippen molar-refractivity contribution < 1.29 is 9.53 Å². The molecule has 0 aliphatic rings. The highest BCUT2D eigenvalue weighted by atomic mass is 16.6. The summed E-state index contributed by atoms with van der Waals surface area (Å²) in [5.41, 5.74) is 4.29. The van der Waals surface area contributed by atoms with Crippen molar-refractivity contribution in [2.24, 2.45) is 0 Å². The van der Waals surface area contributed by atoms with Gasteiger partial charge in [-0.15, -0.1) is 0 Å². The lowest BCUT2D eigenvalue weighted by atomic mass is 10.0. The molecule has 0 aliphatic heterocycles. The van der Waals surface area contributed by atoms with Crippen LogP contribution in [-0.4, -0.2) is 6.09 Å². The predicted molar refractivity (Wildman–Crippen MR) is 155 cm³/mol. The van der Waals surface area contributed by atoms with Gasteiger partial charge in [-0.25, -0.2) is 4.79 Å². The van der Waals surface area contributed by atoms with Crippen molar-refractivity contribution in [3.05, 3.63) is 59.2 Å². The Labute approximate surface area is 221 Å². The Hall–Kier alpha value is -2.29. The minimum Gasteiger partial charge on any atom is -0.410 e. The number of aryl methyl sites for hydroxylation is 3. The molecule has 0 aliphatic carbocycles. The number of hydrogen-bond acceptors (Lipinski definition) is 2. The molecule has 0 saturated carbocycles. The Balaban J connectivity index is 1.44. The molecule has 1 amide bonds. The van der Waals surface area contributed by atoms with Gasteiger partial charge in [-0.05, 0) is 56.0 Å². The second-order valence-corrected chi connectivity index (χ2v) is 10.5. The van der Waals surface area contributed by atoms with Crippen molar-refractivity contribution in [1.82, 2.24) is 0 Å². The van der Waals surface area contributed by atoms with Crippen LogP contribution in [0.2, 0.25) is 0 Å². The molecule has 0 bridgehead atoms. The van der Waals surface area contributed by atoms with E-state index < -0.39 is 6.09 Å². The van der Waals surface area contributed by atoms with Gasteiger partial charge in [0.2, 0.25) is 0 Å². The number of nitrogens with one attached hydrogen (secondary N) is 1. The van der Waals surface area contributed by atoms with Crippen molar-refractivity contribution in [2.45, 2.75) is 130 Å². The predicted octanol–water partition coefficient (Wildman–Crippen LogP) is 10.7. The zero-order valence-corrected chi connectivity index (χ0v) is 23.4. The topological polar surface area (TPSA) is 38.3 Å². The van der Waals surface area contributed by atoms with Crippen molar-refractivity contribution in [3.63, 3.8) is 0 Å². The summed E-state index contributed by atoms with van der Waals surface area (Å²) in [6.07, 6.45) is 23.0. The summed E-state index contributed by atoms with van der Waals surface area (Å²) in [5.74, 6) is 0.577. The van der Waals surface area contributed by atoms with E-state index in [1.54, 1.807) is 0 Å². The summed E-state index contributed by atoms with van der Waals surface area (Å²) in [5, 5.41) is 2.82. The zero-order valence-electron chi connectivity index (χ0n) is 23.4. The van der Waals surface area contributed by atoms with Crippen LogP contribution in [0.15, 0.2) is 42.5 Å². The summed E-state index contributed by atoms with van der Waals surface area (Å²) >= 11 is 0. The number of amides is 1. The molecule has 0 atom stereocenters. The molecule has 0 aromatic heterocycles. The van der Waals surface area contributed by atoms with Crippen LogP contribution in [0.1, 0.15) is 126 Å². The average Bonchev–Trinajstić information content (AvgIpc) is 2.86. The quantitative estimate of drug-likeness (QED) is 0.198. The largest absolute Gasteiger partial charge is 0.417 e. The molecule has 0 radical (unpaired) electrons. The van der Waals surface area contributed by atoms with Crippen LogP contribution < -0.4 is 10.1 Å². The summed E-state index contributed by atoms with van der Waals surface area (Å²) < 4.78 is 5.44. The van der Waals surface area contributed by atoms with Crippen LogP contribution in [-0.2, 0) is 6.42 Å². The maximum atomic E-state index is 12.2. The number of carbonyl (C=O) groups excluding carboxylic acids is 1. The van der Waals surface area contributed by atoms with E-state index in [0.29, 0.717) is 5.75 Å². The van der Waals surface area contributed by atoms with Crippen LogP contribution in [0, 0.1) is 13.8 Å². The highest BCUT2D eigenvalue weighted by molar-refractivity contribution is 5.87. The molecule has 0 unspecified atom stereocenters. The Morgan fingerprint density at radius 3 is 1.67 bits per heavy atom. The van der Waals surface area contributed by atoms with Gasteiger partial charge in [0, 0.05) is 5.69 Å². The first-order chi connectivity index (χ1) is 17.6. The molecule has 0 heterocycles. The van der Waals surface area contributed by atoms with Crippen molar-refractivity contribution >= 4 is 11.8 Å². The Bertz CT molecular complexity index is 843. The molecule has 2 aromatic rings. The fraction of sp³-hybridized carbons (Fsp3) is 0.606. The minimum atomic E-state index is -0.451. The summed E-state index contributed by atoms with van der Waals surface area (Å²) in [6, 6.07) is 13.9. The molecule has 0 fully saturated rings. The van der Waals surface area contributed by atoms with Crippen LogP contribution in [0.4, 0.5) is 10.5 Å². The molecule has 2 aromatic carbocycles. The fourth-order valence-electron chi connectivity index (χ4n) is 4.80. The SMILES string of the molecule is CCCCCCCCCCCCCCCCCCc1ccc(OC(=O)Nc2ccc(C)cc2C)cc1. The molecule has 2 rings (SSSR count). The van der Waals surface area contributed by atoms with Crippen molar-refractivity contribution in [2.75, 3.05) is 5.32 Å². The molecule has 3 heteroatoms. The van der Waals surface area contributed by atoms with Gasteiger partial charge >= 0.3 is 6.09 Å². The van der Waals surface area contributed by atoms with Gasteiger partial charge in [0.1, 0.15) is 5.75 Å². The minimum absolute atomic E-state index is 0.451. The van der Waals surface area contributed by atoms with Crippen LogP contribution in [0.25, 0.3) is 0 Å². The summed E-state index contributed by atoms with van der Waals surface area (Å²) in [4.78, 5) is 12.2. The molecule has 0 saturated heterocycles. The Morgan fingerprint density at radius 2 is 1.17 bits per heavy atom. The Kier molecular flexibility index (Phi) is 15.7. The van der Waals surface area contributed by atoms with E-state index in [1.165, 1.54) is 114 Å². The molecule has 1 N–H and O–H groups in total. The van der Waals surface area contributed by atoms with E-state index >= 15 is 0 Å². The third-order valence-corrected chi connectivity index (χ3v) is 7.07. The standard InChI is InChI=1S/C33H51NO2/c1-4-5-6-7-8-9-10-11-12-13-14-15-16-17-18-19-20-30-22-24-31(25-23-30)36-33(35)34-32-26-21-28(2)27-29(32)3/h21-27H,4-20H2,1-3H3,(H,34,35). The molecular weight excluding hydrogens is 442 g/mol. The van der Waals surface area contributed by atoms with E-state index in [9.17, 15) is 4.79 Å². The number of unbranched alkanes of at least 4 members (excludes halogenated alkanes) is 15. The fourth-order valence-corrected chi connectivity index (χ4v) is 4.80. The Morgan fingerprint density at radius 1 is 0.667 bits per heavy atom. The first kappa shape index (κ1) is 29.9. The number of benzene rings is 2. The molecule has 36 heavy (non-hydrogen) atoms. The second-order valence-electron chi connectivity index (χ2n) is 10.5. The van der Waals surface area contributed by atoms with Gasteiger partial charge in [-0.3, -0.25) is 5.32 Å². The number of rotatable bonds is 19. The maximum absolute atomic E-state index is 12.2. The van der Waals surface area contributed by atoms with Gasteiger partial charge in [0.15, 0.2) is 0 Å². The van der Waals surface area contributed by atoms with Gasteiger partial charge in [0.05, 0.1) is 0 Å². The zero-order chi connectivity index (χ0) is 25.8. The smallest absolute Gasteiger partial charge is 0.410 e. The maximum Gasteiger partial charge on any atom is 0.417 e. The summed E-state index contributed by atoms with van der Waals surface area (Å²) in [6.45, 7) is 6.31. The lowest BCUT2D eigenvalue weighted by Crippen LogP contribution is -2.17. The van der Waals surface area contributed by atoms with Crippen molar-refractivity contribution in [1.29, 1.82) is 0 Å². The van der Waals surface area contributed by atoms with Gasteiger partial charge in [-0.2, -0.15) is 0 Å². The number of carbonyl (C=O) groups is 1. The molecule has 0 spiro atoms. The highest BCUT2D eigenvalue weighted by Crippen LogP contribution is 2.19. The third-order valence-electron chi connectivity index (χ3n) is 7.07. The monoisotopic (exact) mass is 493 g/mol. The van der Waals surface area contributed by atoms with E-state index in [-0.39, 0.29) is 0 Å². The van der Waals surface area contributed by atoms with Crippen LogP contribution in [0.5, 0.6) is 5.75 Å². The van der Waals surface area contributed by atoms with E-state index in [2.05, 4.69) is 24.4 Å². The highest BCUT2D eigenvalue weighted by Gasteiger charge is 2.07. The number of hydrogen-bond donors (Lipinski definition) is 1. The normalized spacial score (nSPS) is 11.0. The van der Waals surface area contributed by atoms with E-state index in [0.717, 1.165) is 17.7 Å². The van der Waals surface area contributed by atoms with E-state index in [1.807, 2.05) is 44.2 Å². The molecular formula is C33H51NO2. The van der Waals surface area contributed by atoms with Gasteiger partial charge < -0.3 is 4.74 Å². The second kappa shape index (κ2) is 18.9. The van der Waals surface area contributed by atoms with Crippen LogP contribution in [0.3, 0.4) is 0 Å². The third kappa shape index (κ3) is 13.7.